The molecule has 2 atom stereocenters. The maximum atomic E-state index is 12.2. The van der Waals surface area contributed by atoms with Gasteiger partial charge in [-0.25, -0.2) is 15.0 Å². The van der Waals surface area contributed by atoms with Gasteiger partial charge in [0.2, 0.25) is 0 Å². The van der Waals surface area contributed by atoms with Gasteiger partial charge in [-0.05, 0) is 25.3 Å². The van der Waals surface area contributed by atoms with Crippen molar-refractivity contribution in [1.29, 1.82) is 0 Å². The standard InChI is InChI=1S/C14H17N3O2S2/c18-21(10-12-4-1-2-7-19-12)9-11-8-20-14(17-11)13-15-5-3-6-16-13/h3,5-6,8,12H,1-2,4,7,9-10H2/t12-,21+/m0/s1. The molecule has 7 heteroatoms. The van der Waals surface area contributed by atoms with Crippen LogP contribution in [0.1, 0.15) is 25.0 Å². The molecule has 1 aliphatic rings. The summed E-state index contributed by atoms with van der Waals surface area (Å²) in [5.74, 6) is 1.70. The van der Waals surface area contributed by atoms with Crippen molar-refractivity contribution in [3.05, 3.63) is 29.5 Å². The smallest absolute Gasteiger partial charge is 0.188 e. The van der Waals surface area contributed by atoms with E-state index in [1.807, 2.05) is 5.38 Å². The number of rotatable bonds is 5. The minimum Gasteiger partial charge on any atom is -0.377 e. The van der Waals surface area contributed by atoms with E-state index in [1.54, 1.807) is 18.5 Å². The highest BCUT2D eigenvalue weighted by molar-refractivity contribution is 7.84. The first-order chi connectivity index (χ1) is 10.3. The van der Waals surface area contributed by atoms with Gasteiger partial charge in [0, 0.05) is 35.2 Å². The molecule has 21 heavy (non-hydrogen) atoms. The van der Waals surface area contributed by atoms with E-state index in [1.165, 1.54) is 17.8 Å². The molecule has 0 saturated carbocycles. The Balaban J connectivity index is 1.58. The van der Waals surface area contributed by atoms with Gasteiger partial charge in [-0.15, -0.1) is 11.3 Å². The van der Waals surface area contributed by atoms with Crippen molar-refractivity contribution < 1.29 is 8.95 Å². The zero-order valence-corrected chi connectivity index (χ0v) is 13.2. The highest BCUT2D eigenvalue weighted by Gasteiger charge is 2.18. The lowest BCUT2D eigenvalue weighted by atomic mass is 10.1. The third kappa shape index (κ3) is 4.15. The lowest BCUT2D eigenvalue weighted by Gasteiger charge is -2.21. The van der Waals surface area contributed by atoms with E-state index in [0.717, 1.165) is 30.2 Å². The largest absolute Gasteiger partial charge is 0.377 e. The summed E-state index contributed by atoms with van der Waals surface area (Å²) in [5, 5.41) is 2.71. The van der Waals surface area contributed by atoms with Gasteiger partial charge in [-0.1, -0.05) is 0 Å². The van der Waals surface area contributed by atoms with Crippen LogP contribution in [0.4, 0.5) is 0 Å². The van der Waals surface area contributed by atoms with E-state index in [-0.39, 0.29) is 6.10 Å². The number of aromatic nitrogens is 3. The fraction of sp³-hybridized carbons (Fsp3) is 0.500. The normalized spacial score (nSPS) is 20.3. The predicted octanol–water partition coefficient (Wildman–Crippen LogP) is 2.42. The lowest BCUT2D eigenvalue weighted by molar-refractivity contribution is 0.0310. The summed E-state index contributed by atoms with van der Waals surface area (Å²) >= 11 is 1.49. The van der Waals surface area contributed by atoms with Crippen molar-refractivity contribution >= 4 is 22.1 Å². The molecule has 0 spiro atoms. The first kappa shape index (κ1) is 14.7. The topological polar surface area (TPSA) is 65.0 Å². The van der Waals surface area contributed by atoms with Crippen molar-refractivity contribution in [3.8, 4) is 10.8 Å². The van der Waals surface area contributed by atoms with E-state index in [2.05, 4.69) is 15.0 Å². The van der Waals surface area contributed by atoms with Crippen molar-refractivity contribution in [1.82, 2.24) is 15.0 Å². The maximum absolute atomic E-state index is 12.2. The third-order valence-electron chi connectivity index (χ3n) is 3.26. The molecule has 0 unspecified atom stereocenters. The van der Waals surface area contributed by atoms with Gasteiger partial charge in [0.15, 0.2) is 10.8 Å². The SMILES string of the molecule is O=[S@](Cc1csc(-c2ncccn2)n1)C[C@@H]1CCCCO1. The maximum Gasteiger partial charge on any atom is 0.188 e. The summed E-state index contributed by atoms with van der Waals surface area (Å²) in [5.41, 5.74) is 0.844. The van der Waals surface area contributed by atoms with Gasteiger partial charge < -0.3 is 4.74 Å². The van der Waals surface area contributed by atoms with E-state index in [4.69, 9.17) is 4.74 Å². The van der Waals surface area contributed by atoms with Crippen molar-refractivity contribution in [3.63, 3.8) is 0 Å². The van der Waals surface area contributed by atoms with Crippen LogP contribution in [0.2, 0.25) is 0 Å². The molecular formula is C14H17N3O2S2. The zero-order chi connectivity index (χ0) is 14.5. The second-order valence-electron chi connectivity index (χ2n) is 4.96. The molecule has 0 radical (unpaired) electrons. The highest BCUT2D eigenvalue weighted by atomic mass is 32.2. The Morgan fingerprint density at radius 3 is 2.95 bits per heavy atom. The molecule has 5 nitrogen and oxygen atoms in total. The van der Waals surface area contributed by atoms with Crippen LogP contribution in [0.15, 0.2) is 23.8 Å². The molecule has 3 rings (SSSR count). The summed E-state index contributed by atoms with van der Waals surface area (Å²) < 4.78 is 17.8. The average Bonchev–Trinajstić information content (AvgIpc) is 2.97. The van der Waals surface area contributed by atoms with Crippen LogP contribution in [0.25, 0.3) is 10.8 Å². The van der Waals surface area contributed by atoms with Gasteiger partial charge in [0.05, 0.1) is 23.3 Å². The summed E-state index contributed by atoms with van der Waals surface area (Å²) in [6.45, 7) is 0.800. The molecule has 0 N–H and O–H groups in total. The third-order valence-corrected chi connectivity index (χ3v) is 5.51. The predicted molar refractivity (Wildman–Crippen MR) is 83.4 cm³/mol. The van der Waals surface area contributed by atoms with Crippen LogP contribution in [-0.4, -0.2) is 37.6 Å². The summed E-state index contributed by atoms with van der Waals surface area (Å²) in [6, 6.07) is 1.78. The van der Waals surface area contributed by atoms with E-state index in [9.17, 15) is 4.21 Å². The van der Waals surface area contributed by atoms with Crippen molar-refractivity contribution in [2.75, 3.05) is 12.4 Å². The van der Waals surface area contributed by atoms with Gasteiger partial charge in [0.1, 0.15) is 0 Å². The van der Waals surface area contributed by atoms with Crippen LogP contribution in [0.5, 0.6) is 0 Å². The second kappa shape index (κ2) is 7.20. The fourth-order valence-corrected chi connectivity index (χ4v) is 4.40. The van der Waals surface area contributed by atoms with Gasteiger partial charge in [-0.2, -0.15) is 0 Å². The summed E-state index contributed by atoms with van der Waals surface area (Å²) in [6.07, 6.45) is 6.86. The number of thiazole rings is 1. The number of hydrogen-bond donors (Lipinski definition) is 0. The molecule has 1 saturated heterocycles. The molecule has 0 aliphatic carbocycles. The summed E-state index contributed by atoms with van der Waals surface area (Å²) in [7, 11) is -0.933. The molecule has 112 valence electrons. The minimum atomic E-state index is -0.933. The molecule has 2 aromatic rings. The van der Waals surface area contributed by atoms with Crippen molar-refractivity contribution in [2.24, 2.45) is 0 Å². The fourth-order valence-electron chi connectivity index (χ4n) is 2.26. The molecule has 3 heterocycles. The van der Waals surface area contributed by atoms with Crippen LogP contribution >= 0.6 is 11.3 Å². The second-order valence-corrected chi connectivity index (χ2v) is 7.32. The Bertz CT molecular complexity index is 597. The quantitative estimate of drug-likeness (QED) is 0.845. The number of hydrogen-bond acceptors (Lipinski definition) is 6. The monoisotopic (exact) mass is 323 g/mol. The molecular weight excluding hydrogens is 306 g/mol. The zero-order valence-electron chi connectivity index (χ0n) is 11.6. The van der Waals surface area contributed by atoms with Gasteiger partial charge >= 0.3 is 0 Å². The Hall–Kier alpha value is -1.18. The first-order valence-electron chi connectivity index (χ1n) is 6.99. The average molecular weight is 323 g/mol. The van der Waals surface area contributed by atoms with Gasteiger partial charge in [-0.3, -0.25) is 4.21 Å². The van der Waals surface area contributed by atoms with Crippen LogP contribution < -0.4 is 0 Å². The highest BCUT2D eigenvalue weighted by Crippen LogP contribution is 2.21. The number of nitrogens with zero attached hydrogens (tertiary/aromatic N) is 3. The Morgan fingerprint density at radius 2 is 2.19 bits per heavy atom. The molecule has 0 bridgehead atoms. The minimum absolute atomic E-state index is 0.148. The first-order valence-corrected chi connectivity index (χ1v) is 9.36. The lowest BCUT2D eigenvalue weighted by Crippen LogP contribution is -2.25. The number of ether oxygens (including phenoxy) is 1. The molecule has 2 aromatic heterocycles. The van der Waals surface area contributed by atoms with E-state index >= 15 is 0 Å². The Labute approximate surface area is 130 Å². The van der Waals surface area contributed by atoms with Crippen LogP contribution in [0, 0.1) is 0 Å². The van der Waals surface area contributed by atoms with Gasteiger partial charge in [0.25, 0.3) is 0 Å². The van der Waals surface area contributed by atoms with E-state index < -0.39 is 10.8 Å². The Kier molecular flexibility index (Phi) is 5.05. The molecule has 1 aliphatic heterocycles. The van der Waals surface area contributed by atoms with Crippen LogP contribution in [-0.2, 0) is 21.3 Å². The molecule has 1 fully saturated rings. The van der Waals surface area contributed by atoms with E-state index in [0.29, 0.717) is 17.3 Å². The Morgan fingerprint density at radius 1 is 1.33 bits per heavy atom. The van der Waals surface area contributed by atoms with Crippen molar-refractivity contribution in [2.45, 2.75) is 31.1 Å². The molecule has 0 amide bonds. The summed E-state index contributed by atoms with van der Waals surface area (Å²) in [4.78, 5) is 12.8. The van der Waals surface area contributed by atoms with Crippen LogP contribution in [0.3, 0.4) is 0 Å². The molecule has 0 aromatic carbocycles.